The molecular weight excluding hydrogens is 354 g/mol. The summed E-state index contributed by atoms with van der Waals surface area (Å²) in [5, 5.41) is 11.2. The molecule has 2 N–H and O–H groups in total. The second-order valence-electron chi connectivity index (χ2n) is 7.35. The van der Waals surface area contributed by atoms with Crippen molar-refractivity contribution in [3.8, 4) is 5.75 Å². The van der Waals surface area contributed by atoms with Gasteiger partial charge in [-0.25, -0.2) is 0 Å². The number of carboxylic acid groups (broad SMARTS) is 1. The number of nitrogens with one attached hydrogen (secondary N) is 1. The van der Waals surface area contributed by atoms with Gasteiger partial charge in [0.1, 0.15) is 11.8 Å². The highest BCUT2D eigenvalue weighted by Gasteiger charge is 2.20. The van der Waals surface area contributed by atoms with Gasteiger partial charge in [0, 0.05) is 6.42 Å². The van der Waals surface area contributed by atoms with Gasteiger partial charge in [-0.05, 0) is 37.9 Å². The summed E-state index contributed by atoms with van der Waals surface area (Å²) in [6, 6.07) is 9.03. The highest BCUT2D eigenvalue weighted by molar-refractivity contribution is 5.73. The maximum absolute atomic E-state index is 11.6. The number of hydrogen-bond donors (Lipinski definition) is 2. The Morgan fingerprint density at radius 2 is 1.61 bits per heavy atom. The van der Waals surface area contributed by atoms with E-state index < -0.39 is 5.97 Å². The molecule has 2 rings (SSSR count). The number of esters is 1. The monoisotopic (exact) mass is 391 g/mol. The van der Waals surface area contributed by atoms with Crippen LogP contribution in [-0.2, 0) is 9.59 Å². The van der Waals surface area contributed by atoms with Gasteiger partial charge in [0.2, 0.25) is 0 Å². The van der Waals surface area contributed by atoms with Crippen molar-refractivity contribution in [3.63, 3.8) is 0 Å². The minimum atomic E-state index is -0.720. The SMILES string of the molecule is CCCCCCCCCCCC(=O)Oc1ccccc1.O=C(O)[C@@H]1CCCN1. The quantitative estimate of drug-likeness (QED) is 0.286. The zero-order valence-corrected chi connectivity index (χ0v) is 17.3. The number of ether oxygens (including phenoxy) is 1. The van der Waals surface area contributed by atoms with Crippen LogP contribution in [0, 0.1) is 0 Å². The molecule has 0 spiro atoms. The molecule has 5 heteroatoms. The van der Waals surface area contributed by atoms with Gasteiger partial charge < -0.3 is 15.2 Å². The van der Waals surface area contributed by atoms with E-state index >= 15 is 0 Å². The van der Waals surface area contributed by atoms with E-state index in [2.05, 4.69) is 12.2 Å². The lowest BCUT2D eigenvalue weighted by Gasteiger charge is -2.04. The third-order valence-electron chi connectivity index (χ3n) is 4.82. The summed E-state index contributed by atoms with van der Waals surface area (Å²) < 4.78 is 5.25. The van der Waals surface area contributed by atoms with Crippen LogP contribution < -0.4 is 10.1 Å². The summed E-state index contributed by atoms with van der Waals surface area (Å²) in [4.78, 5) is 21.7. The number of carboxylic acids is 1. The van der Waals surface area contributed by atoms with Crippen LogP contribution in [0.5, 0.6) is 5.75 Å². The van der Waals surface area contributed by atoms with Crippen molar-refractivity contribution in [3.05, 3.63) is 30.3 Å². The fourth-order valence-corrected chi connectivity index (χ4v) is 3.15. The Balaban J connectivity index is 0.000000406. The smallest absolute Gasteiger partial charge is 0.320 e. The molecule has 5 nitrogen and oxygen atoms in total. The molecule has 1 fully saturated rings. The van der Waals surface area contributed by atoms with Crippen molar-refractivity contribution >= 4 is 11.9 Å². The van der Waals surface area contributed by atoms with Crippen molar-refractivity contribution in [2.75, 3.05) is 6.54 Å². The summed E-state index contributed by atoms with van der Waals surface area (Å²) in [6.07, 6.45) is 13.7. The third kappa shape index (κ3) is 12.5. The molecule has 0 radical (unpaired) electrons. The summed E-state index contributed by atoms with van der Waals surface area (Å²) in [7, 11) is 0. The van der Waals surface area contributed by atoms with Crippen molar-refractivity contribution < 1.29 is 19.4 Å². The van der Waals surface area contributed by atoms with Gasteiger partial charge in [-0.2, -0.15) is 0 Å². The van der Waals surface area contributed by atoms with Crippen LogP contribution in [0.15, 0.2) is 30.3 Å². The molecule has 1 aliphatic rings. The maximum Gasteiger partial charge on any atom is 0.320 e. The first-order valence-corrected chi connectivity index (χ1v) is 10.9. The Kier molecular flexibility index (Phi) is 13.9. The Morgan fingerprint density at radius 3 is 2.11 bits per heavy atom. The number of carbonyl (C=O) groups excluding carboxylic acids is 1. The number of unbranched alkanes of at least 4 members (excludes halogenated alkanes) is 8. The van der Waals surface area contributed by atoms with Crippen molar-refractivity contribution in [2.45, 2.75) is 90.0 Å². The normalized spacial score (nSPS) is 15.5. The molecule has 0 saturated carbocycles. The van der Waals surface area contributed by atoms with Gasteiger partial charge in [-0.1, -0.05) is 76.5 Å². The van der Waals surface area contributed by atoms with Crippen LogP contribution in [0.1, 0.15) is 84.0 Å². The average molecular weight is 392 g/mol. The molecule has 0 aliphatic carbocycles. The Bertz CT molecular complexity index is 527. The first-order valence-electron chi connectivity index (χ1n) is 10.9. The molecule has 1 aliphatic heterocycles. The predicted octanol–water partition coefficient (Wildman–Crippen LogP) is 5.34. The molecule has 1 heterocycles. The maximum atomic E-state index is 11.6. The highest BCUT2D eigenvalue weighted by Crippen LogP contribution is 2.13. The van der Waals surface area contributed by atoms with E-state index in [0.717, 1.165) is 32.2 Å². The van der Waals surface area contributed by atoms with E-state index in [1.807, 2.05) is 30.3 Å². The lowest BCUT2D eigenvalue weighted by Crippen LogP contribution is -2.29. The lowest BCUT2D eigenvalue weighted by molar-refractivity contribution is -0.139. The Morgan fingerprint density at radius 1 is 1.00 bits per heavy atom. The molecular formula is C23H37NO4. The van der Waals surface area contributed by atoms with Crippen LogP contribution in [0.3, 0.4) is 0 Å². The summed E-state index contributed by atoms with van der Waals surface area (Å²) in [5.74, 6) is -0.185. The standard InChI is InChI=1S/C18H28O2.C5H9NO2/c1-2-3-4-5-6-7-8-9-13-16-18(19)20-17-14-11-10-12-15-17;7-5(8)4-2-1-3-6-4/h10-12,14-15H,2-9,13,16H2,1H3;4,6H,1-3H2,(H,7,8)/t;4-/m.0/s1. The first-order chi connectivity index (χ1) is 13.6. The largest absolute Gasteiger partial charge is 0.480 e. The molecule has 1 atom stereocenters. The number of rotatable bonds is 12. The van der Waals surface area contributed by atoms with Gasteiger partial charge in [-0.3, -0.25) is 9.59 Å². The van der Waals surface area contributed by atoms with Gasteiger partial charge in [0.05, 0.1) is 0 Å². The molecule has 0 amide bonds. The number of hydrogen-bond acceptors (Lipinski definition) is 4. The van der Waals surface area contributed by atoms with Crippen molar-refractivity contribution in [2.24, 2.45) is 0 Å². The molecule has 0 unspecified atom stereocenters. The van der Waals surface area contributed by atoms with Crippen molar-refractivity contribution in [1.82, 2.24) is 5.32 Å². The highest BCUT2D eigenvalue weighted by atomic mass is 16.5. The predicted molar refractivity (Wildman–Crippen MR) is 113 cm³/mol. The van der Waals surface area contributed by atoms with E-state index in [1.54, 1.807) is 0 Å². The van der Waals surface area contributed by atoms with E-state index in [9.17, 15) is 9.59 Å². The molecule has 0 aromatic heterocycles. The van der Waals surface area contributed by atoms with Crippen LogP contribution in [-0.4, -0.2) is 29.6 Å². The average Bonchev–Trinajstić information content (AvgIpc) is 3.23. The molecule has 1 aromatic rings. The molecule has 158 valence electrons. The number of benzene rings is 1. The van der Waals surface area contributed by atoms with E-state index in [-0.39, 0.29) is 12.0 Å². The van der Waals surface area contributed by atoms with E-state index in [1.165, 1.54) is 44.9 Å². The van der Waals surface area contributed by atoms with Crippen LogP contribution >= 0.6 is 0 Å². The number of carbonyl (C=O) groups is 2. The lowest BCUT2D eigenvalue weighted by atomic mass is 10.1. The van der Waals surface area contributed by atoms with Gasteiger partial charge in [0.25, 0.3) is 0 Å². The van der Waals surface area contributed by atoms with Crippen LogP contribution in [0.2, 0.25) is 0 Å². The first kappa shape index (κ1) is 24.2. The summed E-state index contributed by atoms with van der Waals surface area (Å²) in [5.41, 5.74) is 0. The van der Waals surface area contributed by atoms with Gasteiger partial charge in [0.15, 0.2) is 0 Å². The molecule has 0 bridgehead atoms. The molecule has 1 aromatic carbocycles. The van der Waals surface area contributed by atoms with E-state index in [4.69, 9.17) is 9.84 Å². The van der Waals surface area contributed by atoms with Crippen LogP contribution in [0.25, 0.3) is 0 Å². The van der Waals surface area contributed by atoms with Gasteiger partial charge >= 0.3 is 11.9 Å². The molecule has 28 heavy (non-hydrogen) atoms. The number of aliphatic carboxylic acids is 1. The topological polar surface area (TPSA) is 75.6 Å². The minimum Gasteiger partial charge on any atom is -0.480 e. The second-order valence-corrected chi connectivity index (χ2v) is 7.35. The Labute approximate surface area is 169 Å². The molecule has 1 saturated heterocycles. The van der Waals surface area contributed by atoms with Crippen molar-refractivity contribution in [1.29, 1.82) is 0 Å². The fourth-order valence-electron chi connectivity index (χ4n) is 3.15. The zero-order valence-electron chi connectivity index (χ0n) is 17.3. The summed E-state index contributed by atoms with van der Waals surface area (Å²) >= 11 is 0. The second kappa shape index (κ2) is 16.1. The fraction of sp³-hybridized carbons (Fsp3) is 0.652. The van der Waals surface area contributed by atoms with Crippen LogP contribution in [0.4, 0.5) is 0 Å². The third-order valence-corrected chi connectivity index (χ3v) is 4.82. The Hall–Kier alpha value is -1.88. The van der Waals surface area contributed by atoms with Gasteiger partial charge in [-0.15, -0.1) is 0 Å². The van der Waals surface area contributed by atoms with E-state index in [0.29, 0.717) is 12.2 Å². The number of para-hydroxylation sites is 1. The minimum absolute atomic E-state index is 0.112. The zero-order chi connectivity index (χ0) is 20.5. The summed E-state index contributed by atoms with van der Waals surface area (Å²) in [6.45, 7) is 3.10.